The minimum atomic E-state index is 0.154. The van der Waals surface area contributed by atoms with E-state index >= 15 is 0 Å². The first-order chi connectivity index (χ1) is 9.69. The molecule has 1 rings (SSSR count). The molecule has 20 heavy (non-hydrogen) atoms. The van der Waals surface area contributed by atoms with Gasteiger partial charge in [0.2, 0.25) is 0 Å². The normalized spacial score (nSPS) is 10.9. The molecule has 1 aromatic carbocycles. The SMILES string of the molecule is CCCCN(CCCC)CCC(=O)c1ccccc1N. The standard InChI is InChI=1S/C17H28N2O/c1-3-5-12-19(13-6-4-2)14-11-17(20)15-9-7-8-10-16(15)18/h7-10H,3-6,11-14,18H2,1-2H3. The third-order valence-corrected chi connectivity index (χ3v) is 3.57. The van der Waals surface area contributed by atoms with Gasteiger partial charge in [-0.15, -0.1) is 0 Å². The molecule has 0 bridgehead atoms. The van der Waals surface area contributed by atoms with E-state index in [9.17, 15) is 4.79 Å². The van der Waals surface area contributed by atoms with E-state index in [1.54, 1.807) is 6.07 Å². The van der Waals surface area contributed by atoms with Gasteiger partial charge in [-0.1, -0.05) is 38.8 Å². The number of nitrogens with zero attached hydrogens (tertiary/aromatic N) is 1. The number of carbonyl (C=O) groups is 1. The molecule has 0 aromatic heterocycles. The molecule has 0 unspecified atom stereocenters. The second kappa shape index (κ2) is 9.54. The highest BCUT2D eigenvalue weighted by molar-refractivity contribution is 6.00. The Morgan fingerprint density at radius 2 is 1.65 bits per heavy atom. The predicted octanol–water partition coefficient (Wildman–Crippen LogP) is 3.74. The Hall–Kier alpha value is -1.35. The van der Waals surface area contributed by atoms with Crippen molar-refractivity contribution in [1.82, 2.24) is 4.90 Å². The van der Waals surface area contributed by atoms with Crippen molar-refractivity contribution in [2.24, 2.45) is 0 Å². The fraction of sp³-hybridized carbons (Fsp3) is 0.588. The lowest BCUT2D eigenvalue weighted by Gasteiger charge is -2.21. The first-order valence-electron chi connectivity index (χ1n) is 7.79. The Morgan fingerprint density at radius 1 is 1.05 bits per heavy atom. The topological polar surface area (TPSA) is 46.3 Å². The lowest BCUT2D eigenvalue weighted by molar-refractivity contribution is 0.0964. The minimum absolute atomic E-state index is 0.154. The summed E-state index contributed by atoms with van der Waals surface area (Å²) in [5.41, 5.74) is 7.11. The third kappa shape index (κ3) is 5.74. The maximum atomic E-state index is 12.2. The van der Waals surface area contributed by atoms with Crippen molar-refractivity contribution in [2.45, 2.75) is 46.0 Å². The van der Waals surface area contributed by atoms with Gasteiger partial charge in [-0.2, -0.15) is 0 Å². The number of nitrogens with two attached hydrogens (primary N) is 1. The number of hydrogen-bond acceptors (Lipinski definition) is 3. The van der Waals surface area contributed by atoms with Gasteiger partial charge in [0.05, 0.1) is 0 Å². The zero-order chi connectivity index (χ0) is 14.8. The Labute approximate surface area is 123 Å². The molecule has 0 fully saturated rings. The highest BCUT2D eigenvalue weighted by Crippen LogP contribution is 2.13. The van der Waals surface area contributed by atoms with Crippen LogP contribution in [0.3, 0.4) is 0 Å². The Kier molecular flexibility index (Phi) is 7.97. The fourth-order valence-corrected chi connectivity index (χ4v) is 2.24. The summed E-state index contributed by atoms with van der Waals surface area (Å²) in [6, 6.07) is 7.34. The molecule has 0 aliphatic heterocycles. The van der Waals surface area contributed by atoms with Crippen LogP contribution in [0.15, 0.2) is 24.3 Å². The van der Waals surface area contributed by atoms with Crippen LogP contribution in [0.1, 0.15) is 56.3 Å². The lowest BCUT2D eigenvalue weighted by atomic mass is 10.1. The van der Waals surface area contributed by atoms with Gasteiger partial charge in [-0.05, 0) is 38.1 Å². The molecule has 112 valence electrons. The molecule has 0 saturated heterocycles. The van der Waals surface area contributed by atoms with Crippen LogP contribution in [0.4, 0.5) is 5.69 Å². The van der Waals surface area contributed by atoms with E-state index in [-0.39, 0.29) is 5.78 Å². The van der Waals surface area contributed by atoms with Gasteiger partial charge in [0.25, 0.3) is 0 Å². The van der Waals surface area contributed by atoms with E-state index in [4.69, 9.17) is 5.73 Å². The van der Waals surface area contributed by atoms with E-state index in [0.29, 0.717) is 17.7 Å². The molecule has 1 aromatic rings. The monoisotopic (exact) mass is 276 g/mol. The van der Waals surface area contributed by atoms with Crippen LogP contribution in [0, 0.1) is 0 Å². The molecule has 0 saturated carbocycles. The van der Waals surface area contributed by atoms with E-state index in [0.717, 1.165) is 19.6 Å². The van der Waals surface area contributed by atoms with Gasteiger partial charge in [0.15, 0.2) is 5.78 Å². The average Bonchev–Trinajstić information content (AvgIpc) is 2.46. The molecule has 2 N–H and O–H groups in total. The fourth-order valence-electron chi connectivity index (χ4n) is 2.24. The summed E-state index contributed by atoms with van der Waals surface area (Å²) >= 11 is 0. The summed E-state index contributed by atoms with van der Waals surface area (Å²) in [7, 11) is 0. The van der Waals surface area contributed by atoms with Crippen molar-refractivity contribution >= 4 is 11.5 Å². The first kappa shape index (κ1) is 16.7. The summed E-state index contributed by atoms with van der Waals surface area (Å²) in [4.78, 5) is 14.6. The summed E-state index contributed by atoms with van der Waals surface area (Å²) in [5, 5.41) is 0. The number of nitrogen functional groups attached to an aromatic ring is 1. The lowest BCUT2D eigenvalue weighted by Crippen LogP contribution is -2.28. The van der Waals surface area contributed by atoms with E-state index in [2.05, 4.69) is 18.7 Å². The smallest absolute Gasteiger partial charge is 0.166 e. The van der Waals surface area contributed by atoms with E-state index in [1.807, 2.05) is 18.2 Å². The number of Topliss-reactive ketones (excluding diaryl/α,β-unsaturated/α-hetero) is 1. The molecule has 0 radical (unpaired) electrons. The Balaban J connectivity index is 2.49. The number of para-hydroxylation sites is 1. The quantitative estimate of drug-likeness (QED) is 0.523. The van der Waals surface area contributed by atoms with Crippen LogP contribution in [0.25, 0.3) is 0 Å². The molecular weight excluding hydrogens is 248 g/mol. The highest BCUT2D eigenvalue weighted by atomic mass is 16.1. The van der Waals surface area contributed by atoms with Gasteiger partial charge in [0, 0.05) is 24.2 Å². The van der Waals surface area contributed by atoms with Crippen LogP contribution in [0.2, 0.25) is 0 Å². The van der Waals surface area contributed by atoms with Gasteiger partial charge >= 0.3 is 0 Å². The van der Waals surface area contributed by atoms with Crippen molar-refractivity contribution in [3.05, 3.63) is 29.8 Å². The van der Waals surface area contributed by atoms with Crippen molar-refractivity contribution < 1.29 is 4.79 Å². The van der Waals surface area contributed by atoms with E-state index < -0.39 is 0 Å². The van der Waals surface area contributed by atoms with Gasteiger partial charge in [-0.3, -0.25) is 4.79 Å². The number of anilines is 1. The summed E-state index contributed by atoms with van der Waals surface area (Å²) in [5.74, 6) is 0.154. The van der Waals surface area contributed by atoms with Crippen molar-refractivity contribution in [2.75, 3.05) is 25.4 Å². The van der Waals surface area contributed by atoms with Crippen LogP contribution in [-0.2, 0) is 0 Å². The minimum Gasteiger partial charge on any atom is -0.398 e. The number of unbranched alkanes of at least 4 members (excludes halogenated alkanes) is 2. The second-order valence-corrected chi connectivity index (χ2v) is 5.31. The maximum Gasteiger partial charge on any atom is 0.166 e. The molecule has 0 spiro atoms. The van der Waals surface area contributed by atoms with Crippen LogP contribution < -0.4 is 5.73 Å². The molecule has 3 heteroatoms. The zero-order valence-electron chi connectivity index (χ0n) is 12.9. The third-order valence-electron chi connectivity index (χ3n) is 3.57. The molecule has 0 heterocycles. The van der Waals surface area contributed by atoms with Crippen LogP contribution in [0.5, 0.6) is 0 Å². The summed E-state index contributed by atoms with van der Waals surface area (Å²) in [6.07, 6.45) is 5.35. The summed E-state index contributed by atoms with van der Waals surface area (Å²) in [6.45, 7) is 7.43. The second-order valence-electron chi connectivity index (χ2n) is 5.31. The van der Waals surface area contributed by atoms with Crippen molar-refractivity contribution in [3.8, 4) is 0 Å². The maximum absolute atomic E-state index is 12.2. The molecule has 0 amide bonds. The van der Waals surface area contributed by atoms with E-state index in [1.165, 1.54) is 25.7 Å². The molecular formula is C17H28N2O. The number of hydrogen-bond donors (Lipinski definition) is 1. The zero-order valence-corrected chi connectivity index (χ0v) is 12.9. The number of benzene rings is 1. The van der Waals surface area contributed by atoms with Gasteiger partial charge < -0.3 is 10.6 Å². The number of ketones is 1. The molecule has 0 aliphatic carbocycles. The van der Waals surface area contributed by atoms with Crippen molar-refractivity contribution in [3.63, 3.8) is 0 Å². The van der Waals surface area contributed by atoms with Crippen molar-refractivity contribution in [1.29, 1.82) is 0 Å². The van der Waals surface area contributed by atoms with Crippen LogP contribution in [-0.4, -0.2) is 30.3 Å². The Bertz CT molecular complexity index is 396. The van der Waals surface area contributed by atoms with Crippen LogP contribution >= 0.6 is 0 Å². The number of rotatable bonds is 10. The largest absolute Gasteiger partial charge is 0.398 e. The molecule has 0 atom stereocenters. The van der Waals surface area contributed by atoms with Gasteiger partial charge in [0.1, 0.15) is 0 Å². The summed E-state index contributed by atoms with van der Waals surface area (Å²) < 4.78 is 0. The van der Waals surface area contributed by atoms with Gasteiger partial charge in [-0.25, -0.2) is 0 Å². The highest BCUT2D eigenvalue weighted by Gasteiger charge is 2.11. The first-order valence-corrected chi connectivity index (χ1v) is 7.79. The Morgan fingerprint density at radius 3 is 2.20 bits per heavy atom. The predicted molar refractivity (Wildman–Crippen MR) is 86.1 cm³/mol. The molecule has 0 aliphatic rings. The molecule has 3 nitrogen and oxygen atoms in total. The number of carbonyl (C=O) groups excluding carboxylic acids is 1. The average molecular weight is 276 g/mol.